The van der Waals surface area contributed by atoms with Gasteiger partial charge in [0.25, 0.3) is 5.91 Å². The minimum Gasteiger partial charge on any atom is -0.394 e. The number of nitrogens with zero attached hydrogens (tertiary/aromatic N) is 1. The summed E-state index contributed by atoms with van der Waals surface area (Å²) in [5.41, 5.74) is 3.60. The summed E-state index contributed by atoms with van der Waals surface area (Å²) >= 11 is 1.29. The van der Waals surface area contributed by atoms with Crippen molar-refractivity contribution in [1.82, 2.24) is 4.90 Å². The number of aliphatic hydroxyl groups is 3. The molecule has 0 aromatic rings. The summed E-state index contributed by atoms with van der Waals surface area (Å²) in [4.78, 5) is 12.5. The molecule has 7 nitrogen and oxygen atoms in total. The normalized spacial score (nSPS) is 37.4. The molecular weight excluding hydrogens is 248 g/mol. The summed E-state index contributed by atoms with van der Waals surface area (Å²) in [6.45, 7) is -0.593. The fourth-order valence-corrected chi connectivity index (χ4v) is 2.92. The first-order valence-electron chi connectivity index (χ1n) is 5.03. The van der Waals surface area contributed by atoms with Gasteiger partial charge in [-0.1, -0.05) is 0 Å². The summed E-state index contributed by atoms with van der Waals surface area (Å²) < 4.78 is 5.09. The van der Waals surface area contributed by atoms with Crippen LogP contribution in [-0.4, -0.2) is 63.2 Å². The summed E-state index contributed by atoms with van der Waals surface area (Å²) in [7, 11) is 0. The van der Waals surface area contributed by atoms with Gasteiger partial charge in [0, 0.05) is 5.41 Å². The third kappa shape index (κ3) is 1.91. The molecule has 0 aromatic carbocycles. The van der Waals surface area contributed by atoms with Crippen molar-refractivity contribution in [2.24, 2.45) is 5.73 Å². The molecule has 1 fully saturated rings. The van der Waals surface area contributed by atoms with Crippen molar-refractivity contribution < 1.29 is 24.9 Å². The van der Waals surface area contributed by atoms with Crippen LogP contribution in [0.2, 0.25) is 0 Å². The third-order valence-corrected chi connectivity index (χ3v) is 3.72. The number of rotatable bonds is 3. The number of hydrogen-bond donors (Lipinski definition) is 4. The first kappa shape index (κ1) is 12.7. The highest BCUT2D eigenvalue weighted by atomic mass is 32.2. The molecule has 0 spiro atoms. The van der Waals surface area contributed by atoms with E-state index in [-0.39, 0.29) is 12.3 Å². The lowest BCUT2D eigenvalue weighted by molar-refractivity contribution is -0.145. The van der Waals surface area contributed by atoms with Crippen LogP contribution in [-0.2, 0) is 9.53 Å². The molecule has 5 N–H and O–H groups in total. The average molecular weight is 262 g/mol. The summed E-state index contributed by atoms with van der Waals surface area (Å²) in [6.07, 6.45) is -2.16. The van der Waals surface area contributed by atoms with E-state index >= 15 is 0 Å². The largest absolute Gasteiger partial charge is 0.394 e. The summed E-state index contributed by atoms with van der Waals surface area (Å²) in [5, 5.41) is 30.7. The Hall–Kier alpha value is -0.800. The van der Waals surface area contributed by atoms with Gasteiger partial charge < -0.3 is 30.7 Å². The van der Waals surface area contributed by atoms with Crippen molar-refractivity contribution in [2.75, 3.05) is 19.1 Å². The molecule has 0 aromatic heterocycles. The number of carbonyl (C=O) groups excluding carboxylic acids is 1. The van der Waals surface area contributed by atoms with E-state index in [1.807, 2.05) is 0 Å². The van der Waals surface area contributed by atoms with E-state index in [2.05, 4.69) is 0 Å². The second-order valence-corrected chi connectivity index (χ2v) is 4.77. The van der Waals surface area contributed by atoms with E-state index in [4.69, 9.17) is 15.6 Å². The predicted octanol–water partition coefficient (Wildman–Crippen LogP) is -2.24. The van der Waals surface area contributed by atoms with E-state index < -0.39 is 30.4 Å². The van der Waals surface area contributed by atoms with Crippen LogP contribution in [0, 0.1) is 0 Å². The molecule has 17 heavy (non-hydrogen) atoms. The molecule has 2 rings (SSSR count). The Morgan fingerprint density at radius 3 is 3.00 bits per heavy atom. The van der Waals surface area contributed by atoms with Crippen LogP contribution < -0.4 is 5.73 Å². The maximum absolute atomic E-state index is 11.2. The molecule has 0 aliphatic carbocycles. The Kier molecular flexibility index (Phi) is 3.32. The van der Waals surface area contributed by atoms with Crippen LogP contribution in [0.25, 0.3) is 0 Å². The van der Waals surface area contributed by atoms with Gasteiger partial charge in [-0.05, 0) is 0 Å². The first-order valence-corrected chi connectivity index (χ1v) is 6.07. The van der Waals surface area contributed by atoms with Crippen LogP contribution in [0.3, 0.4) is 0 Å². The van der Waals surface area contributed by atoms with Gasteiger partial charge in [-0.3, -0.25) is 4.79 Å². The molecule has 3 atom stereocenters. The Morgan fingerprint density at radius 1 is 1.76 bits per heavy atom. The SMILES string of the molecule is NC(=O)C1=CSCN1[C@@]1(O)CO[C@H](CO)[C@H]1O. The lowest BCUT2D eigenvalue weighted by atomic mass is 10.0. The Labute approximate surface area is 102 Å². The van der Waals surface area contributed by atoms with Gasteiger partial charge in [0.2, 0.25) is 0 Å². The zero-order valence-electron chi connectivity index (χ0n) is 8.94. The molecule has 1 saturated heterocycles. The van der Waals surface area contributed by atoms with Crippen LogP contribution in [0.15, 0.2) is 11.1 Å². The number of primary amides is 1. The van der Waals surface area contributed by atoms with Crippen LogP contribution in [0.1, 0.15) is 0 Å². The van der Waals surface area contributed by atoms with Crippen molar-refractivity contribution in [3.63, 3.8) is 0 Å². The number of nitrogens with two attached hydrogens (primary N) is 1. The molecule has 0 saturated carbocycles. The standard InChI is InChI=1S/C9H14N2O5S/c10-8(14)5-2-17-4-11(5)9(15)3-16-6(1-12)7(9)13/h2,6-7,12-13,15H,1,3-4H2,(H2,10,14)/t6-,7-,9-/m1/s1. The molecular formula is C9H14N2O5S. The smallest absolute Gasteiger partial charge is 0.265 e. The molecule has 96 valence electrons. The van der Waals surface area contributed by atoms with Crippen molar-refractivity contribution in [3.8, 4) is 0 Å². The van der Waals surface area contributed by atoms with Gasteiger partial charge in [0.05, 0.1) is 19.1 Å². The maximum Gasteiger partial charge on any atom is 0.265 e. The van der Waals surface area contributed by atoms with Crippen molar-refractivity contribution in [2.45, 2.75) is 17.9 Å². The van der Waals surface area contributed by atoms with Crippen molar-refractivity contribution >= 4 is 17.7 Å². The van der Waals surface area contributed by atoms with Gasteiger partial charge in [-0.25, -0.2) is 0 Å². The minimum absolute atomic E-state index is 0.138. The lowest BCUT2D eigenvalue weighted by Gasteiger charge is -2.37. The second-order valence-electron chi connectivity index (χ2n) is 3.95. The van der Waals surface area contributed by atoms with Gasteiger partial charge in [0.1, 0.15) is 17.9 Å². The number of ether oxygens (including phenoxy) is 1. The van der Waals surface area contributed by atoms with Crippen molar-refractivity contribution in [1.29, 1.82) is 0 Å². The molecule has 0 bridgehead atoms. The fraction of sp³-hybridized carbons (Fsp3) is 0.667. The number of thioether (sulfide) groups is 1. The Balaban J connectivity index is 2.22. The van der Waals surface area contributed by atoms with Gasteiger partial charge in [0.15, 0.2) is 5.72 Å². The maximum atomic E-state index is 11.2. The molecule has 2 aliphatic heterocycles. The third-order valence-electron chi connectivity index (χ3n) is 2.92. The van der Waals surface area contributed by atoms with Gasteiger partial charge in [-0.2, -0.15) is 0 Å². The topological polar surface area (TPSA) is 116 Å². The zero-order chi connectivity index (χ0) is 12.6. The molecule has 2 heterocycles. The average Bonchev–Trinajstić information content (AvgIpc) is 2.87. The fourth-order valence-electron chi connectivity index (χ4n) is 1.93. The highest BCUT2D eigenvalue weighted by molar-refractivity contribution is 8.02. The highest BCUT2D eigenvalue weighted by Gasteiger charge is 2.53. The molecule has 2 aliphatic rings. The van der Waals surface area contributed by atoms with Gasteiger partial charge >= 0.3 is 0 Å². The minimum atomic E-state index is -1.72. The number of aliphatic hydroxyl groups excluding tert-OH is 2. The zero-order valence-corrected chi connectivity index (χ0v) is 9.76. The lowest BCUT2D eigenvalue weighted by Crippen LogP contribution is -2.57. The Bertz CT molecular complexity index is 363. The van der Waals surface area contributed by atoms with Crippen LogP contribution in [0.4, 0.5) is 0 Å². The number of carbonyl (C=O) groups is 1. The predicted molar refractivity (Wildman–Crippen MR) is 59.4 cm³/mol. The quantitative estimate of drug-likeness (QED) is 0.454. The van der Waals surface area contributed by atoms with Gasteiger partial charge in [-0.15, -0.1) is 11.8 Å². The number of amides is 1. The molecule has 0 radical (unpaired) electrons. The number of hydrogen-bond acceptors (Lipinski definition) is 7. The van der Waals surface area contributed by atoms with Crippen LogP contribution in [0.5, 0.6) is 0 Å². The van der Waals surface area contributed by atoms with Crippen molar-refractivity contribution in [3.05, 3.63) is 11.1 Å². The molecule has 0 unspecified atom stereocenters. The van der Waals surface area contributed by atoms with Crippen LogP contribution >= 0.6 is 11.8 Å². The Morgan fingerprint density at radius 2 is 2.47 bits per heavy atom. The van der Waals surface area contributed by atoms with E-state index in [9.17, 15) is 15.0 Å². The summed E-state index contributed by atoms with van der Waals surface area (Å²) in [6, 6.07) is 0. The van der Waals surface area contributed by atoms with E-state index in [0.29, 0.717) is 5.88 Å². The first-order chi connectivity index (χ1) is 8.00. The highest BCUT2D eigenvalue weighted by Crippen LogP contribution is 2.36. The monoisotopic (exact) mass is 262 g/mol. The van der Waals surface area contributed by atoms with E-state index in [0.717, 1.165) is 0 Å². The second kappa shape index (κ2) is 4.46. The van der Waals surface area contributed by atoms with E-state index in [1.54, 1.807) is 0 Å². The molecule has 1 amide bonds. The van der Waals surface area contributed by atoms with E-state index in [1.165, 1.54) is 22.1 Å². The summed E-state index contributed by atoms with van der Waals surface area (Å²) in [5.74, 6) is -0.379. The molecule has 8 heteroatoms.